The topological polar surface area (TPSA) is 110 Å². The first-order chi connectivity index (χ1) is 25.1. The Bertz CT molecular complexity index is 2130. The number of carbonyl (C=O) groups excluding carboxylic acids is 2. The molecule has 11 heteroatoms. The van der Waals surface area contributed by atoms with Crippen LogP contribution in [0, 0.1) is 11.8 Å². The van der Waals surface area contributed by atoms with Gasteiger partial charge in [-0.05, 0) is 61.7 Å². The highest BCUT2D eigenvalue weighted by atomic mass is 19.1. The van der Waals surface area contributed by atoms with Crippen LogP contribution in [0.3, 0.4) is 0 Å². The summed E-state index contributed by atoms with van der Waals surface area (Å²) < 4.78 is 30.4. The van der Waals surface area contributed by atoms with E-state index in [9.17, 15) is 14.7 Å². The van der Waals surface area contributed by atoms with Crippen LogP contribution >= 0.6 is 0 Å². The van der Waals surface area contributed by atoms with Crippen LogP contribution < -0.4 is 14.5 Å². The van der Waals surface area contributed by atoms with Gasteiger partial charge in [0.05, 0.1) is 30.2 Å². The summed E-state index contributed by atoms with van der Waals surface area (Å²) in [5.74, 6) is -0.926. The third kappa shape index (κ3) is 5.64. The van der Waals surface area contributed by atoms with E-state index in [1.807, 2.05) is 110 Å². The number of aryl methyl sites for hydroxylation is 1. The minimum absolute atomic E-state index is 0.0715. The second-order valence-corrected chi connectivity index (χ2v) is 14.3. The lowest BCUT2D eigenvalue weighted by atomic mass is 9.71. The van der Waals surface area contributed by atoms with Crippen molar-refractivity contribution in [2.24, 2.45) is 11.8 Å². The van der Waals surface area contributed by atoms with Crippen molar-refractivity contribution in [1.82, 2.24) is 15.0 Å². The van der Waals surface area contributed by atoms with E-state index >= 15 is 4.39 Å². The summed E-state index contributed by atoms with van der Waals surface area (Å²) in [7, 11) is 0. The Kier molecular flexibility index (Phi) is 8.42. The third-order valence-corrected chi connectivity index (χ3v) is 10.7. The number of aromatic nitrogens is 3. The maximum atomic E-state index is 16.2. The predicted molar refractivity (Wildman–Crippen MR) is 193 cm³/mol. The van der Waals surface area contributed by atoms with Gasteiger partial charge in [0.1, 0.15) is 23.2 Å². The van der Waals surface area contributed by atoms with Crippen molar-refractivity contribution < 1.29 is 28.6 Å². The number of hydrogen-bond donors (Lipinski definition) is 1. The first-order valence-electron chi connectivity index (χ1n) is 17.6. The van der Waals surface area contributed by atoms with Crippen LogP contribution in [0.15, 0.2) is 109 Å². The van der Waals surface area contributed by atoms with E-state index in [0.717, 1.165) is 5.56 Å². The molecule has 2 amide bonds. The van der Waals surface area contributed by atoms with Crippen LogP contribution in [0.1, 0.15) is 55.7 Å². The van der Waals surface area contributed by atoms with E-state index in [4.69, 9.17) is 9.47 Å². The summed E-state index contributed by atoms with van der Waals surface area (Å²) in [5.41, 5.74) is 1.63. The van der Waals surface area contributed by atoms with Crippen LogP contribution in [-0.4, -0.2) is 50.3 Å². The van der Waals surface area contributed by atoms with Crippen molar-refractivity contribution in [2.45, 2.75) is 63.8 Å². The summed E-state index contributed by atoms with van der Waals surface area (Å²) in [6, 6.07) is 31.8. The molecule has 0 radical (unpaired) electrons. The number of benzene rings is 4. The second kappa shape index (κ2) is 13.0. The third-order valence-electron chi connectivity index (χ3n) is 10.7. The quantitative estimate of drug-likeness (QED) is 0.183. The fraction of sp³-hybridized carbons (Fsp3) is 0.317. The summed E-state index contributed by atoms with van der Waals surface area (Å²) in [5, 5.41) is 19.3. The maximum absolute atomic E-state index is 16.2. The largest absolute Gasteiger partial charge is 0.482 e. The summed E-state index contributed by atoms with van der Waals surface area (Å²) in [6.45, 7) is 5.51. The molecule has 1 aromatic heterocycles. The normalized spacial score (nSPS) is 23.1. The van der Waals surface area contributed by atoms with Crippen molar-refractivity contribution in [3.8, 4) is 5.75 Å². The standard InChI is InChI=1S/C41H40FN5O5/c1-26-37(40(2,3)42)35(20-21-45-24-31(43-44-45)38(49)28-13-5-4-6-14-28)52-41(26)30-16-7-8-17-32(30)46(39(41)50)23-27-12-11-15-29(22-27)47-33-18-9-10-19-34(33)51-25-36(47)48/h4-19,22,24,26,35,37-38,49H,20-21,23,25H2,1-3H3/t26-,35+,37-,38-,41+/m1/s1. The Morgan fingerprint density at radius 1 is 0.962 bits per heavy atom. The number of nitrogens with zero attached hydrogens (tertiary/aromatic N) is 5. The van der Waals surface area contributed by atoms with Gasteiger partial charge in [0.15, 0.2) is 12.2 Å². The van der Waals surface area contributed by atoms with Crippen molar-refractivity contribution in [2.75, 3.05) is 16.4 Å². The Morgan fingerprint density at radius 2 is 1.69 bits per heavy atom. The molecule has 0 bridgehead atoms. The van der Waals surface area contributed by atoms with Gasteiger partial charge in [-0.3, -0.25) is 19.2 Å². The molecule has 5 aromatic rings. The van der Waals surface area contributed by atoms with Gasteiger partial charge in [-0.15, -0.1) is 5.10 Å². The SMILES string of the molecule is C[C@@H]1[C@@H](C(C)(C)F)[C@H](CCn2cc([C@H](O)c3ccccc3)nn2)O[C@@]12C(=O)N(Cc1cccc(N3C(=O)COc4ccccc43)c1)c1ccccc12. The molecule has 266 valence electrons. The zero-order valence-electron chi connectivity index (χ0n) is 29.2. The average Bonchev–Trinajstić information content (AvgIpc) is 3.81. The molecule has 0 unspecified atom stereocenters. The first-order valence-corrected chi connectivity index (χ1v) is 17.6. The molecular formula is C41H40FN5O5. The fourth-order valence-corrected chi connectivity index (χ4v) is 8.40. The van der Waals surface area contributed by atoms with Gasteiger partial charge in [0.25, 0.3) is 11.8 Å². The van der Waals surface area contributed by atoms with E-state index < -0.39 is 35.3 Å². The van der Waals surface area contributed by atoms with Crippen LogP contribution in [0.25, 0.3) is 0 Å². The molecule has 1 fully saturated rings. The second-order valence-electron chi connectivity index (χ2n) is 14.3. The maximum Gasteiger partial charge on any atom is 0.269 e. The van der Waals surface area contributed by atoms with Gasteiger partial charge < -0.3 is 19.5 Å². The first kappa shape index (κ1) is 33.7. The highest BCUT2D eigenvalue weighted by Crippen LogP contribution is 2.58. The number of anilines is 3. The number of para-hydroxylation sites is 3. The molecule has 10 nitrogen and oxygen atoms in total. The van der Waals surface area contributed by atoms with Crippen LogP contribution in [-0.2, 0) is 33.0 Å². The molecule has 1 N–H and O–H groups in total. The Labute approximate surface area is 301 Å². The Hall–Kier alpha value is -5.39. The zero-order chi connectivity index (χ0) is 36.2. The highest BCUT2D eigenvalue weighted by Gasteiger charge is 2.66. The van der Waals surface area contributed by atoms with E-state index in [1.54, 1.807) is 34.5 Å². The van der Waals surface area contributed by atoms with Gasteiger partial charge in [0, 0.05) is 29.6 Å². The number of carbonyl (C=O) groups is 2. The van der Waals surface area contributed by atoms with Crippen molar-refractivity contribution in [3.63, 3.8) is 0 Å². The molecule has 3 aliphatic heterocycles. The lowest BCUT2D eigenvalue weighted by Crippen LogP contribution is -2.45. The van der Waals surface area contributed by atoms with E-state index in [1.165, 1.54) is 0 Å². The number of hydrogen-bond acceptors (Lipinski definition) is 7. The summed E-state index contributed by atoms with van der Waals surface area (Å²) in [6.07, 6.45) is 0.523. The summed E-state index contributed by atoms with van der Waals surface area (Å²) >= 11 is 0. The van der Waals surface area contributed by atoms with Gasteiger partial charge >= 0.3 is 0 Å². The number of aliphatic hydroxyl groups excluding tert-OH is 1. The predicted octanol–water partition coefficient (Wildman–Crippen LogP) is 6.65. The molecule has 4 heterocycles. The number of alkyl halides is 1. The molecule has 0 aliphatic carbocycles. The van der Waals surface area contributed by atoms with Crippen molar-refractivity contribution in [3.05, 3.63) is 132 Å². The number of halogens is 1. The van der Waals surface area contributed by atoms with Gasteiger partial charge in [-0.1, -0.05) is 84.9 Å². The molecule has 5 atom stereocenters. The fourth-order valence-electron chi connectivity index (χ4n) is 8.40. The van der Waals surface area contributed by atoms with Gasteiger partial charge in [0.2, 0.25) is 0 Å². The van der Waals surface area contributed by atoms with E-state index in [0.29, 0.717) is 52.6 Å². The van der Waals surface area contributed by atoms with Crippen LogP contribution in [0.2, 0.25) is 0 Å². The molecule has 52 heavy (non-hydrogen) atoms. The number of ether oxygens (including phenoxy) is 2. The number of fused-ring (bicyclic) bond motifs is 3. The minimum Gasteiger partial charge on any atom is -0.482 e. The number of aliphatic hydroxyl groups is 1. The van der Waals surface area contributed by atoms with Crippen molar-refractivity contribution >= 4 is 28.9 Å². The smallest absolute Gasteiger partial charge is 0.269 e. The lowest BCUT2D eigenvalue weighted by Gasteiger charge is -2.32. The Morgan fingerprint density at radius 3 is 2.48 bits per heavy atom. The molecule has 1 saturated heterocycles. The van der Waals surface area contributed by atoms with Gasteiger partial charge in [-0.25, -0.2) is 4.39 Å². The molecule has 8 rings (SSSR count). The van der Waals surface area contributed by atoms with Crippen molar-refractivity contribution in [1.29, 1.82) is 0 Å². The van der Waals surface area contributed by atoms with Crippen LogP contribution in [0.5, 0.6) is 5.75 Å². The molecule has 0 saturated carbocycles. The van der Waals surface area contributed by atoms with Crippen LogP contribution in [0.4, 0.5) is 21.5 Å². The number of rotatable bonds is 9. The summed E-state index contributed by atoms with van der Waals surface area (Å²) in [4.78, 5) is 31.3. The lowest BCUT2D eigenvalue weighted by molar-refractivity contribution is -0.146. The Balaban J connectivity index is 1.07. The number of amides is 2. The minimum atomic E-state index is -1.66. The zero-order valence-corrected chi connectivity index (χ0v) is 29.2. The molecule has 1 spiro atoms. The van der Waals surface area contributed by atoms with E-state index in [2.05, 4.69) is 10.3 Å². The monoisotopic (exact) mass is 701 g/mol. The average molecular weight is 702 g/mol. The molecule has 3 aliphatic rings. The highest BCUT2D eigenvalue weighted by molar-refractivity contribution is 6.08. The molecule has 4 aromatic carbocycles. The van der Waals surface area contributed by atoms with Gasteiger partial charge in [-0.2, -0.15) is 0 Å². The molecular weight excluding hydrogens is 661 g/mol. The van der Waals surface area contributed by atoms with E-state index in [-0.39, 0.29) is 25.0 Å².